The largest absolute Gasteiger partial charge is 0.495 e. The molecule has 242 valence electrons. The molecular weight excluding hydrogens is 673 g/mol. The van der Waals surface area contributed by atoms with Gasteiger partial charge in [-0.25, -0.2) is 4.79 Å². The van der Waals surface area contributed by atoms with Gasteiger partial charge in [0.25, 0.3) is 5.56 Å². The van der Waals surface area contributed by atoms with Gasteiger partial charge in [-0.2, -0.15) is 8.78 Å². The lowest BCUT2D eigenvalue weighted by molar-refractivity contribution is 0.0891. The van der Waals surface area contributed by atoms with Crippen molar-refractivity contribution in [1.29, 1.82) is 0 Å². The molecule has 2 aromatic carbocycles. The van der Waals surface area contributed by atoms with E-state index in [1.807, 2.05) is 21.7 Å². The van der Waals surface area contributed by atoms with E-state index in [4.69, 9.17) is 39.5 Å². The number of ether oxygens (including phenoxy) is 1. The number of methoxy groups -OCH3 is 1. The van der Waals surface area contributed by atoms with Crippen molar-refractivity contribution in [3.8, 4) is 5.75 Å². The molecule has 45 heavy (non-hydrogen) atoms. The number of alkyl halides is 3. The monoisotopic (exact) mass is 702 g/mol. The number of anilines is 1. The highest BCUT2D eigenvalue weighted by Gasteiger charge is 2.32. The molecule has 0 radical (unpaired) electrons. The summed E-state index contributed by atoms with van der Waals surface area (Å²) >= 11 is 17.8. The molecule has 2 aliphatic heterocycles. The summed E-state index contributed by atoms with van der Waals surface area (Å²) < 4.78 is 32.1. The number of nitrogens with zero attached hydrogens (tertiary/aromatic N) is 3. The second kappa shape index (κ2) is 14.7. The summed E-state index contributed by atoms with van der Waals surface area (Å²) in [5, 5.41) is 5.66. The van der Waals surface area contributed by atoms with Crippen molar-refractivity contribution in [3.63, 3.8) is 0 Å². The Labute approximate surface area is 278 Å². The van der Waals surface area contributed by atoms with Gasteiger partial charge in [0.2, 0.25) is 0 Å². The topological polar surface area (TPSA) is 106 Å². The second-order valence-corrected chi connectivity index (χ2v) is 12.7. The predicted molar refractivity (Wildman–Crippen MR) is 171 cm³/mol. The van der Waals surface area contributed by atoms with Crippen molar-refractivity contribution in [2.45, 2.75) is 48.2 Å². The van der Waals surface area contributed by atoms with Crippen LogP contribution in [0.5, 0.6) is 5.75 Å². The zero-order valence-corrected chi connectivity index (χ0v) is 27.7. The average Bonchev–Trinajstić information content (AvgIpc) is 3.37. The van der Waals surface area contributed by atoms with Crippen LogP contribution in [0.1, 0.15) is 46.1 Å². The first kappa shape index (κ1) is 35.0. The van der Waals surface area contributed by atoms with Gasteiger partial charge in [-0.3, -0.25) is 19.4 Å². The number of nitrogens with one attached hydrogen (secondary N) is 1. The number of hydrogen-bond donors (Lipinski definition) is 2. The lowest BCUT2D eigenvalue weighted by Crippen LogP contribution is -2.49. The van der Waals surface area contributed by atoms with Gasteiger partial charge in [0.15, 0.2) is 6.29 Å². The maximum absolute atomic E-state index is 13.3. The third-order valence-corrected chi connectivity index (χ3v) is 9.69. The molecule has 0 unspecified atom stereocenters. The van der Waals surface area contributed by atoms with Crippen LogP contribution in [-0.2, 0) is 25.1 Å². The van der Waals surface area contributed by atoms with E-state index in [9.17, 15) is 28.3 Å². The first-order valence-corrected chi connectivity index (χ1v) is 15.8. The number of carbonyl (C=O) groups excluding carboxylic acids is 2. The number of aliphatic hydroxyl groups is 1. The van der Waals surface area contributed by atoms with Gasteiger partial charge in [0.05, 0.1) is 35.0 Å². The van der Waals surface area contributed by atoms with E-state index in [0.717, 1.165) is 68.4 Å². The fourth-order valence-corrected chi connectivity index (χ4v) is 6.85. The van der Waals surface area contributed by atoms with Gasteiger partial charge in [-0.1, -0.05) is 41.0 Å². The third-order valence-electron chi connectivity index (χ3n) is 7.33. The lowest BCUT2D eigenvalue weighted by atomic mass is 10.1. The van der Waals surface area contributed by atoms with E-state index in [1.54, 1.807) is 7.11 Å². The SMILES string of the molecule is CCN1CCCN(c2cc3c(cc2OC)CN(C)C3)C1=O.O=Cc1c(Sc2c(Cl)ccc(CO)c2Cl)cc(C(F)(F)Cl)[nH]c1=O. The van der Waals surface area contributed by atoms with Crippen molar-refractivity contribution in [2.75, 3.05) is 38.7 Å². The predicted octanol–water partition coefficient (Wildman–Crippen LogP) is 6.72. The van der Waals surface area contributed by atoms with E-state index in [-0.39, 0.29) is 44.3 Å². The molecule has 2 N–H and O–H groups in total. The smallest absolute Gasteiger partial charge is 0.362 e. The number of H-pyrrole nitrogens is 1. The zero-order valence-electron chi connectivity index (χ0n) is 24.6. The van der Waals surface area contributed by atoms with Crippen LogP contribution in [0.2, 0.25) is 10.0 Å². The number of fused-ring (bicyclic) bond motifs is 1. The molecule has 3 heterocycles. The maximum atomic E-state index is 13.3. The Kier molecular flexibility index (Phi) is 11.4. The first-order valence-electron chi connectivity index (χ1n) is 13.8. The molecule has 1 aromatic heterocycles. The highest BCUT2D eigenvalue weighted by Crippen LogP contribution is 2.42. The number of amides is 2. The summed E-state index contributed by atoms with van der Waals surface area (Å²) in [6.07, 6.45) is 1.23. The molecule has 3 aromatic rings. The molecule has 5 rings (SSSR count). The molecule has 0 aliphatic carbocycles. The Balaban J connectivity index is 0.000000206. The minimum atomic E-state index is -3.82. The van der Waals surface area contributed by atoms with Gasteiger partial charge < -0.3 is 19.7 Å². The van der Waals surface area contributed by atoms with Crippen molar-refractivity contribution >= 4 is 64.6 Å². The number of pyridine rings is 1. The number of hydrogen-bond acceptors (Lipinski definition) is 7. The maximum Gasteiger partial charge on any atom is 0.362 e. The van der Waals surface area contributed by atoms with Gasteiger partial charge in [-0.15, -0.1) is 0 Å². The van der Waals surface area contributed by atoms with Gasteiger partial charge in [0, 0.05) is 42.5 Å². The van der Waals surface area contributed by atoms with E-state index < -0.39 is 16.6 Å². The van der Waals surface area contributed by atoms with E-state index in [0.29, 0.717) is 5.56 Å². The van der Waals surface area contributed by atoms with Gasteiger partial charge >= 0.3 is 11.4 Å². The van der Waals surface area contributed by atoms with E-state index >= 15 is 0 Å². The van der Waals surface area contributed by atoms with Crippen LogP contribution in [0.4, 0.5) is 19.3 Å². The number of carbonyl (C=O) groups is 2. The minimum Gasteiger partial charge on any atom is -0.495 e. The summed E-state index contributed by atoms with van der Waals surface area (Å²) in [6.45, 7) is 5.90. The molecule has 0 bridgehead atoms. The van der Waals surface area contributed by atoms with Crippen LogP contribution in [0.3, 0.4) is 0 Å². The number of benzene rings is 2. The summed E-state index contributed by atoms with van der Waals surface area (Å²) in [6, 6.07) is 8.13. The number of aldehydes is 1. The Morgan fingerprint density at radius 3 is 2.42 bits per heavy atom. The summed E-state index contributed by atoms with van der Waals surface area (Å²) in [5.41, 5.74) is 1.61. The van der Waals surface area contributed by atoms with Gasteiger partial charge in [0.1, 0.15) is 11.4 Å². The van der Waals surface area contributed by atoms with Gasteiger partial charge in [-0.05, 0) is 72.9 Å². The molecule has 9 nitrogen and oxygen atoms in total. The number of aliphatic hydroxyl groups excluding tert-OH is 1. The van der Waals surface area contributed by atoms with Crippen LogP contribution < -0.4 is 15.2 Å². The van der Waals surface area contributed by atoms with Crippen molar-refractivity contribution in [1.82, 2.24) is 14.8 Å². The van der Waals surface area contributed by atoms with Crippen molar-refractivity contribution in [3.05, 3.63) is 78.7 Å². The van der Waals surface area contributed by atoms with Crippen LogP contribution in [0.15, 0.2) is 44.9 Å². The van der Waals surface area contributed by atoms with Crippen molar-refractivity contribution < 1.29 is 28.2 Å². The zero-order chi connectivity index (χ0) is 33.1. The second-order valence-electron chi connectivity index (χ2n) is 10.3. The number of aromatic amines is 1. The fraction of sp³-hybridized carbons (Fsp3) is 0.367. The summed E-state index contributed by atoms with van der Waals surface area (Å²) in [7, 11) is 3.78. The molecule has 2 amide bonds. The highest BCUT2D eigenvalue weighted by molar-refractivity contribution is 7.99. The quantitative estimate of drug-likeness (QED) is 0.198. The number of halogens is 5. The number of urea groups is 1. The molecular formula is C30H31Cl3F2N4O5S. The standard InChI is InChI=1S/C16H23N3O2.C14H8Cl3F2NO3S/c1-4-18-6-5-7-19(16(18)20)14-8-12-10-17(2)11-13(12)9-15(14)21-3;15-8-2-1-6(4-21)11(16)12(8)24-9-3-10(14(17,18)19)20-13(23)7(9)5-22/h8-9H,4-7,10-11H2,1-3H3;1-3,5,21H,4H2,(H,20,23). The van der Waals surface area contributed by atoms with Crippen LogP contribution in [0.25, 0.3) is 0 Å². The van der Waals surface area contributed by atoms with Crippen LogP contribution in [-0.4, -0.2) is 66.0 Å². The molecule has 0 saturated carbocycles. The molecule has 1 fully saturated rings. The molecule has 0 atom stereocenters. The lowest BCUT2D eigenvalue weighted by Gasteiger charge is -2.35. The van der Waals surface area contributed by atoms with Crippen LogP contribution >= 0.6 is 46.6 Å². The third kappa shape index (κ3) is 7.75. The summed E-state index contributed by atoms with van der Waals surface area (Å²) in [5.74, 6) is 0.801. The Hall–Kier alpha value is -2.87. The Bertz CT molecular complexity index is 1650. The molecule has 2 aliphatic rings. The molecule has 0 spiro atoms. The summed E-state index contributed by atoms with van der Waals surface area (Å²) in [4.78, 5) is 43.5. The minimum absolute atomic E-state index is 0.0892. The first-order chi connectivity index (χ1) is 21.3. The normalized spacial score (nSPS) is 15.1. The van der Waals surface area contributed by atoms with E-state index in [1.165, 1.54) is 23.3 Å². The average molecular weight is 704 g/mol. The number of rotatable bonds is 8. The molecule has 1 saturated heterocycles. The number of aromatic nitrogens is 1. The Morgan fingerprint density at radius 1 is 1.13 bits per heavy atom. The molecule has 15 heteroatoms. The fourth-order valence-electron chi connectivity index (χ4n) is 5.05. The van der Waals surface area contributed by atoms with E-state index in [2.05, 4.69) is 24.1 Å². The van der Waals surface area contributed by atoms with Crippen molar-refractivity contribution in [2.24, 2.45) is 0 Å². The van der Waals surface area contributed by atoms with Crippen LogP contribution in [0, 0.1) is 0 Å². The highest BCUT2D eigenvalue weighted by atomic mass is 35.5. The Morgan fingerprint density at radius 2 is 1.82 bits per heavy atom.